The zero-order chi connectivity index (χ0) is 15.2. The van der Waals surface area contributed by atoms with Gasteiger partial charge in [-0.25, -0.2) is 4.79 Å². The van der Waals surface area contributed by atoms with Crippen molar-refractivity contribution in [3.05, 3.63) is 36.1 Å². The molecule has 6 nitrogen and oxygen atoms in total. The Morgan fingerprint density at radius 2 is 2.10 bits per heavy atom. The average molecular weight is 290 g/mol. The number of carboxylic acid groups (broad SMARTS) is 1. The number of furan rings is 1. The van der Waals surface area contributed by atoms with Crippen LogP contribution in [0.3, 0.4) is 0 Å². The topological polar surface area (TPSA) is 91.6 Å². The number of fused-ring (bicyclic) bond motifs is 1. The molecular weight excluding hydrogens is 272 g/mol. The van der Waals surface area contributed by atoms with Crippen LogP contribution in [0.1, 0.15) is 31.6 Å². The van der Waals surface area contributed by atoms with Crippen LogP contribution in [-0.2, 0) is 4.79 Å². The van der Waals surface area contributed by atoms with E-state index in [0.29, 0.717) is 18.7 Å². The van der Waals surface area contributed by atoms with Gasteiger partial charge < -0.3 is 20.2 Å². The Balaban J connectivity index is 1.84. The van der Waals surface area contributed by atoms with Gasteiger partial charge in [0.05, 0.1) is 6.04 Å². The van der Waals surface area contributed by atoms with E-state index < -0.39 is 5.97 Å². The van der Waals surface area contributed by atoms with E-state index in [1.165, 1.54) is 0 Å². The lowest BCUT2D eigenvalue weighted by Gasteiger charge is -2.12. The van der Waals surface area contributed by atoms with Crippen molar-refractivity contribution in [2.24, 2.45) is 0 Å². The molecule has 21 heavy (non-hydrogen) atoms. The minimum Gasteiger partial charge on any atom is -0.481 e. The molecule has 0 saturated carbocycles. The van der Waals surface area contributed by atoms with Gasteiger partial charge in [-0.1, -0.05) is 18.2 Å². The molecule has 6 heteroatoms. The van der Waals surface area contributed by atoms with Crippen molar-refractivity contribution >= 4 is 23.0 Å². The largest absolute Gasteiger partial charge is 0.481 e. The van der Waals surface area contributed by atoms with Gasteiger partial charge >= 0.3 is 12.0 Å². The smallest absolute Gasteiger partial charge is 0.315 e. The zero-order valence-electron chi connectivity index (χ0n) is 11.8. The third-order valence-electron chi connectivity index (χ3n) is 3.07. The second-order valence-electron chi connectivity index (χ2n) is 4.81. The van der Waals surface area contributed by atoms with E-state index in [-0.39, 0.29) is 18.5 Å². The van der Waals surface area contributed by atoms with E-state index in [4.69, 9.17) is 9.52 Å². The Kier molecular flexibility index (Phi) is 4.81. The van der Waals surface area contributed by atoms with Crippen molar-refractivity contribution in [3.63, 3.8) is 0 Å². The summed E-state index contributed by atoms with van der Waals surface area (Å²) in [6.45, 7) is 2.15. The molecule has 0 aliphatic carbocycles. The van der Waals surface area contributed by atoms with E-state index in [9.17, 15) is 9.59 Å². The fourth-order valence-corrected chi connectivity index (χ4v) is 1.98. The molecule has 2 rings (SSSR count). The molecule has 2 amide bonds. The first kappa shape index (κ1) is 14.9. The van der Waals surface area contributed by atoms with Gasteiger partial charge in [-0.3, -0.25) is 4.79 Å². The third-order valence-corrected chi connectivity index (χ3v) is 3.07. The molecule has 1 aromatic carbocycles. The fourth-order valence-electron chi connectivity index (χ4n) is 1.98. The van der Waals surface area contributed by atoms with Gasteiger partial charge in [0.1, 0.15) is 11.3 Å². The predicted octanol–water partition coefficient (Wildman–Crippen LogP) is 2.66. The number of para-hydroxylation sites is 1. The molecule has 0 unspecified atom stereocenters. The Morgan fingerprint density at radius 1 is 1.33 bits per heavy atom. The number of urea groups is 1. The van der Waals surface area contributed by atoms with Crippen LogP contribution in [0.2, 0.25) is 0 Å². The molecule has 112 valence electrons. The van der Waals surface area contributed by atoms with Crippen LogP contribution < -0.4 is 10.6 Å². The minimum atomic E-state index is -0.868. The lowest BCUT2D eigenvalue weighted by molar-refractivity contribution is -0.137. The van der Waals surface area contributed by atoms with Crippen molar-refractivity contribution in [1.29, 1.82) is 0 Å². The quantitative estimate of drug-likeness (QED) is 0.713. The second-order valence-corrected chi connectivity index (χ2v) is 4.81. The molecule has 0 fully saturated rings. The number of rotatable bonds is 6. The van der Waals surface area contributed by atoms with Crippen LogP contribution >= 0.6 is 0 Å². The van der Waals surface area contributed by atoms with E-state index in [1.54, 1.807) is 0 Å². The number of amides is 2. The summed E-state index contributed by atoms with van der Waals surface area (Å²) in [5, 5.41) is 14.9. The van der Waals surface area contributed by atoms with E-state index in [0.717, 1.165) is 11.0 Å². The molecular formula is C15H18N2O4. The molecule has 1 atom stereocenters. The highest BCUT2D eigenvalue weighted by Gasteiger charge is 2.13. The molecule has 0 spiro atoms. The van der Waals surface area contributed by atoms with Crippen molar-refractivity contribution in [3.8, 4) is 0 Å². The van der Waals surface area contributed by atoms with E-state index in [1.807, 2.05) is 37.3 Å². The predicted molar refractivity (Wildman–Crippen MR) is 78.0 cm³/mol. The van der Waals surface area contributed by atoms with Crippen molar-refractivity contribution in [1.82, 2.24) is 10.6 Å². The maximum atomic E-state index is 11.7. The number of aliphatic carboxylic acids is 1. The van der Waals surface area contributed by atoms with Crippen LogP contribution in [0.15, 0.2) is 34.7 Å². The fraction of sp³-hybridized carbons (Fsp3) is 0.333. The van der Waals surface area contributed by atoms with Crippen LogP contribution in [0, 0.1) is 0 Å². The highest BCUT2D eigenvalue weighted by atomic mass is 16.4. The molecule has 0 radical (unpaired) electrons. The molecule has 0 aliphatic rings. The van der Waals surface area contributed by atoms with Crippen LogP contribution in [0.25, 0.3) is 11.0 Å². The Hall–Kier alpha value is -2.50. The van der Waals surface area contributed by atoms with Gasteiger partial charge in [0, 0.05) is 18.4 Å². The van der Waals surface area contributed by atoms with Crippen molar-refractivity contribution in [2.45, 2.75) is 25.8 Å². The Morgan fingerprint density at radius 3 is 2.81 bits per heavy atom. The Bertz CT molecular complexity index is 602. The lowest BCUT2D eigenvalue weighted by atomic mass is 10.2. The highest BCUT2D eigenvalue weighted by molar-refractivity contribution is 5.78. The number of carboxylic acids is 1. The molecule has 3 N–H and O–H groups in total. The Labute approximate surface area is 122 Å². The number of nitrogens with one attached hydrogen (secondary N) is 2. The summed E-state index contributed by atoms with van der Waals surface area (Å²) in [7, 11) is 0. The molecule has 2 aromatic rings. The molecule has 0 saturated heterocycles. The first-order valence-electron chi connectivity index (χ1n) is 6.81. The van der Waals surface area contributed by atoms with E-state index >= 15 is 0 Å². The summed E-state index contributed by atoms with van der Waals surface area (Å²) >= 11 is 0. The number of carbonyl (C=O) groups is 2. The molecule has 0 aliphatic heterocycles. The maximum absolute atomic E-state index is 11.7. The molecule has 1 aromatic heterocycles. The summed E-state index contributed by atoms with van der Waals surface area (Å²) in [6.07, 6.45) is 0.446. The number of benzene rings is 1. The maximum Gasteiger partial charge on any atom is 0.315 e. The summed E-state index contributed by atoms with van der Waals surface area (Å²) < 4.78 is 5.67. The molecule has 1 heterocycles. The summed E-state index contributed by atoms with van der Waals surface area (Å²) in [6, 6.07) is 8.92. The first-order valence-corrected chi connectivity index (χ1v) is 6.81. The van der Waals surface area contributed by atoms with Crippen molar-refractivity contribution in [2.75, 3.05) is 6.54 Å². The summed E-state index contributed by atoms with van der Waals surface area (Å²) in [5.41, 5.74) is 0.781. The number of hydrogen-bond acceptors (Lipinski definition) is 3. The van der Waals surface area contributed by atoms with Crippen LogP contribution in [-0.4, -0.2) is 23.7 Å². The zero-order valence-corrected chi connectivity index (χ0v) is 11.8. The number of hydrogen-bond donors (Lipinski definition) is 3. The van der Waals surface area contributed by atoms with Gasteiger partial charge in [0.25, 0.3) is 0 Å². The monoisotopic (exact) mass is 290 g/mol. The van der Waals surface area contributed by atoms with Gasteiger partial charge in [-0.2, -0.15) is 0 Å². The van der Waals surface area contributed by atoms with Gasteiger partial charge in [0.2, 0.25) is 0 Å². The normalized spacial score (nSPS) is 12.0. The van der Waals surface area contributed by atoms with Crippen molar-refractivity contribution < 1.29 is 19.1 Å². The third kappa shape index (κ3) is 4.24. The second kappa shape index (κ2) is 6.78. The number of carbonyl (C=O) groups excluding carboxylic acids is 1. The molecule has 0 bridgehead atoms. The van der Waals surface area contributed by atoms with Gasteiger partial charge in [-0.05, 0) is 25.5 Å². The van der Waals surface area contributed by atoms with Crippen LogP contribution in [0.4, 0.5) is 4.79 Å². The standard InChI is InChI=1S/C15H18N2O4/c1-10(17-15(20)16-8-4-7-14(18)19)13-9-11-5-2-3-6-12(11)21-13/h2-3,5-6,9-10H,4,7-8H2,1H3,(H,18,19)(H2,16,17,20)/t10-/m0/s1. The van der Waals surface area contributed by atoms with Gasteiger partial charge in [-0.15, -0.1) is 0 Å². The minimum absolute atomic E-state index is 0.0411. The lowest BCUT2D eigenvalue weighted by Crippen LogP contribution is -2.37. The summed E-state index contributed by atoms with van der Waals surface area (Å²) in [5.74, 6) is -0.190. The first-order chi connectivity index (χ1) is 10.1. The van der Waals surface area contributed by atoms with Crippen LogP contribution in [0.5, 0.6) is 0 Å². The summed E-state index contributed by atoms with van der Waals surface area (Å²) in [4.78, 5) is 22.0. The average Bonchev–Trinajstić information content (AvgIpc) is 2.87. The van der Waals surface area contributed by atoms with E-state index in [2.05, 4.69) is 10.6 Å². The SMILES string of the molecule is C[C@H](NC(=O)NCCCC(=O)O)c1cc2ccccc2o1. The van der Waals surface area contributed by atoms with Gasteiger partial charge in [0.15, 0.2) is 0 Å². The highest BCUT2D eigenvalue weighted by Crippen LogP contribution is 2.23.